The van der Waals surface area contributed by atoms with E-state index >= 15 is 0 Å². The molecule has 0 saturated heterocycles. The Labute approximate surface area is 177 Å². The van der Waals surface area contributed by atoms with E-state index < -0.39 is 29.3 Å². The third-order valence-electron chi connectivity index (χ3n) is 3.61. The Morgan fingerprint density at radius 3 is 2.54 bits per heavy atom. The third kappa shape index (κ3) is 5.02. The second-order valence-electron chi connectivity index (χ2n) is 5.41. The molecular weight excluding hydrogens is 504 g/mol. The number of nitrogens with zero attached hydrogens (tertiary/aromatic N) is 1. The van der Waals surface area contributed by atoms with E-state index in [1.807, 2.05) is 0 Å². The molecule has 2 aromatic carbocycles. The van der Waals surface area contributed by atoms with Gasteiger partial charge in [0.1, 0.15) is 11.6 Å². The predicted molar refractivity (Wildman–Crippen MR) is 107 cm³/mol. The molecule has 0 bridgehead atoms. The highest BCUT2D eigenvalue weighted by atomic mass is 79.9. The summed E-state index contributed by atoms with van der Waals surface area (Å²) in [5.74, 6) is -4.20. The van der Waals surface area contributed by atoms with Crippen LogP contribution in [0.5, 0.6) is 5.75 Å². The lowest BCUT2D eigenvalue weighted by Crippen LogP contribution is -2.28. The van der Waals surface area contributed by atoms with Crippen LogP contribution in [0, 0.1) is 17.6 Å². The Bertz CT molecular complexity index is 934. The number of benzene rings is 2. The number of rotatable bonds is 7. The molecule has 2 aromatic rings. The zero-order chi connectivity index (χ0) is 20.8. The van der Waals surface area contributed by atoms with Crippen LogP contribution < -0.4 is 4.74 Å². The maximum Gasteiger partial charge on any atom is 0.322 e. The van der Waals surface area contributed by atoms with Gasteiger partial charge < -0.3 is 9.47 Å². The van der Waals surface area contributed by atoms with Gasteiger partial charge in [-0.15, -0.1) is 0 Å². The van der Waals surface area contributed by atoms with Crippen LogP contribution in [0.2, 0.25) is 0 Å². The van der Waals surface area contributed by atoms with E-state index in [1.54, 1.807) is 13.0 Å². The Hall–Kier alpha value is -2.13. The van der Waals surface area contributed by atoms with Crippen LogP contribution in [0.4, 0.5) is 14.5 Å². The zero-order valence-corrected chi connectivity index (χ0v) is 18.0. The molecule has 0 spiro atoms. The van der Waals surface area contributed by atoms with Crippen LogP contribution in [0.1, 0.15) is 17.3 Å². The highest BCUT2D eigenvalue weighted by molar-refractivity contribution is 9.11. The van der Waals surface area contributed by atoms with Crippen molar-refractivity contribution in [1.29, 1.82) is 0 Å². The molecule has 0 aliphatic carbocycles. The average Bonchev–Trinajstić information content (AvgIpc) is 2.64. The van der Waals surface area contributed by atoms with E-state index in [4.69, 9.17) is 9.47 Å². The van der Waals surface area contributed by atoms with Crippen molar-refractivity contribution >= 4 is 55.5 Å². The molecule has 0 saturated carbocycles. The third-order valence-corrected chi connectivity index (χ3v) is 5.03. The van der Waals surface area contributed by atoms with E-state index in [1.165, 1.54) is 13.2 Å². The fourth-order valence-corrected chi connectivity index (χ4v) is 3.75. The van der Waals surface area contributed by atoms with Gasteiger partial charge >= 0.3 is 5.97 Å². The first-order valence-electron chi connectivity index (χ1n) is 8.02. The van der Waals surface area contributed by atoms with Crippen LogP contribution in [0.3, 0.4) is 0 Å². The number of aliphatic imine (C=N–C) groups is 1. The maximum absolute atomic E-state index is 13.8. The van der Waals surface area contributed by atoms with Gasteiger partial charge in [0.05, 0.1) is 28.3 Å². The smallest absolute Gasteiger partial charge is 0.322 e. The van der Waals surface area contributed by atoms with Crippen LogP contribution in [-0.4, -0.2) is 31.7 Å². The monoisotopic (exact) mass is 517 g/mol. The molecule has 0 aliphatic rings. The summed E-state index contributed by atoms with van der Waals surface area (Å²) < 4.78 is 37.9. The van der Waals surface area contributed by atoms with Crippen LogP contribution in [0.15, 0.2) is 44.3 Å². The summed E-state index contributed by atoms with van der Waals surface area (Å²) in [6.45, 7) is 1.64. The van der Waals surface area contributed by atoms with Gasteiger partial charge in [-0.1, -0.05) is 0 Å². The molecule has 0 aliphatic heterocycles. The van der Waals surface area contributed by atoms with Crippen molar-refractivity contribution in [1.82, 2.24) is 0 Å². The van der Waals surface area contributed by atoms with E-state index in [9.17, 15) is 18.4 Å². The van der Waals surface area contributed by atoms with Gasteiger partial charge in [0.15, 0.2) is 17.5 Å². The molecule has 0 heterocycles. The Balaban J connectivity index is 2.45. The minimum atomic E-state index is -1.42. The lowest BCUT2D eigenvalue weighted by atomic mass is 9.98. The minimum absolute atomic E-state index is 0.0478. The predicted octanol–water partition coefficient (Wildman–Crippen LogP) is 5.26. The SMILES string of the molecule is CCOC(=O)C(C=Nc1ccc(F)cc1F)C(=O)c1ccc(Br)c(OC)c1Br. The fraction of sp³-hybridized carbons (Fsp3) is 0.211. The number of halogens is 4. The van der Waals surface area contributed by atoms with Crippen molar-refractivity contribution in [3.63, 3.8) is 0 Å². The van der Waals surface area contributed by atoms with Crippen molar-refractivity contribution in [2.24, 2.45) is 10.9 Å². The van der Waals surface area contributed by atoms with Gasteiger partial charge in [0, 0.05) is 17.8 Å². The highest BCUT2D eigenvalue weighted by Gasteiger charge is 2.30. The fourth-order valence-electron chi connectivity index (χ4n) is 2.29. The van der Waals surface area contributed by atoms with Crippen LogP contribution in [-0.2, 0) is 9.53 Å². The first-order valence-corrected chi connectivity index (χ1v) is 9.60. The standard InChI is InChI=1S/C19H15Br2F2NO4/c1-3-28-19(26)12(9-24-15-7-4-10(22)8-14(15)23)17(25)11-5-6-13(20)18(27-2)16(11)21/h4-9,12H,3H2,1-2H3. The Morgan fingerprint density at radius 2 is 1.93 bits per heavy atom. The van der Waals surface area contributed by atoms with E-state index in [2.05, 4.69) is 36.9 Å². The van der Waals surface area contributed by atoms with Crippen molar-refractivity contribution in [2.75, 3.05) is 13.7 Å². The van der Waals surface area contributed by atoms with E-state index in [0.717, 1.165) is 18.3 Å². The number of ether oxygens (including phenoxy) is 2. The molecule has 28 heavy (non-hydrogen) atoms. The molecule has 0 amide bonds. The summed E-state index contributed by atoms with van der Waals surface area (Å²) in [4.78, 5) is 29.1. The number of methoxy groups -OCH3 is 1. The van der Waals surface area contributed by atoms with Crippen LogP contribution in [0.25, 0.3) is 0 Å². The summed E-state index contributed by atoms with van der Waals surface area (Å²) in [5.41, 5.74) is -0.0555. The summed E-state index contributed by atoms with van der Waals surface area (Å²) in [7, 11) is 1.43. The molecule has 5 nitrogen and oxygen atoms in total. The van der Waals surface area contributed by atoms with E-state index in [0.29, 0.717) is 20.8 Å². The number of hydrogen-bond donors (Lipinski definition) is 0. The lowest BCUT2D eigenvalue weighted by molar-refractivity contribution is -0.143. The summed E-state index contributed by atoms with van der Waals surface area (Å²) in [6, 6.07) is 5.87. The summed E-state index contributed by atoms with van der Waals surface area (Å²) in [6.07, 6.45) is 0.984. The number of hydrogen-bond acceptors (Lipinski definition) is 5. The summed E-state index contributed by atoms with van der Waals surface area (Å²) in [5, 5.41) is 0. The van der Waals surface area contributed by atoms with Gasteiger partial charge in [0.25, 0.3) is 0 Å². The second-order valence-corrected chi connectivity index (χ2v) is 7.06. The number of esters is 1. The van der Waals surface area contributed by atoms with Crippen LogP contribution >= 0.6 is 31.9 Å². The Morgan fingerprint density at radius 1 is 1.21 bits per heavy atom. The highest BCUT2D eigenvalue weighted by Crippen LogP contribution is 2.36. The first kappa shape index (κ1) is 22.2. The van der Waals surface area contributed by atoms with Gasteiger partial charge in [-0.3, -0.25) is 14.6 Å². The molecule has 2 rings (SSSR count). The molecular formula is C19H15Br2F2NO4. The number of carbonyl (C=O) groups is 2. The average molecular weight is 519 g/mol. The lowest BCUT2D eigenvalue weighted by Gasteiger charge is -2.14. The quantitative estimate of drug-likeness (QED) is 0.217. The van der Waals surface area contributed by atoms with Gasteiger partial charge in [0.2, 0.25) is 0 Å². The largest absolute Gasteiger partial charge is 0.494 e. The molecule has 1 atom stereocenters. The molecule has 0 aromatic heterocycles. The molecule has 0 radical (unpaired) electrons. The first-order chi connectivity index (χ1) is 13.3. The Kier molecular flexibility index (Phi) is 7.82. The van der Waals surface area contributed by atoms with Crippen molar-refractivity contribution in [3.8, 4) is 5.75 Å². The van der Waals surface area contributed by atoms with Gasteiger partial charge in [-0.25, -0.2) is 8.78 Å². The second kappa shape index (κ2) is 9.88. The van der Waals surface area contributed by atoms with Crippen molar-refractivity contribution in [3.05, 3.63) is 56.5 Å². The van der Waals surface area contributed by atoms with Gasteiger partial charge in [-0.2, -0.15) is 0 Å². The molecule has 1 unspecified atom stereocenters. The number of Topliss-reactive ketones (excluding diaryl/α,β-unsaturated/α-hetero) is 1. The normalized spacial score (nSPS) is 12.1. The molecule has 9 heteroatoms. The number of carbonyl (C=O) groups excluding carboxylic acids is 2. The maximum atomic E-state index is 13.8. The number of ketones is 1. The van der Waals surface area contributed by atoms with Gasteiger partial charge in [-0.05, 0) is 63.0 Å². The molecule has 148 valence electrons. The topological polar surface area (TPSA) is 65.0 Å². The van der Waals surface area contributed by atoms with E-state index in [-0.39, 0.29) is 17.9 Å². The zero-order valence-electron chi connectivity index (χ0n) is 14.8. The minimum Gasteiger partial charge on any atom is -0.494 e. The summed E-state index contributed by atoms with van der Waals surface area (Å²) >= 11 is 6.59. The van der Waals surface area contributed by atoms with Crippen molar-refractivity contribution in [2.45, 2.75) is 6.92 Å². The molecule has 0 N–H and O–H groups in total. The van der Waals surface area contributed by atoms with Crippen molar-refractivity contribution < 1.29 is 27.8 Å². The molecule has 0 fully saturated rings.